The lowest BCUT2D eigenvalue weighted by molar-refractivity contribution is 1.08. The number of hydrogen-bond acceptors (Lipinski definition) is 3. The molecule has 0 unspecified atom stereocenters. The zero-order chi connectivity index (χ0) is 39.6. The minimum atomic E-state index is 0.650. The summed E-state index contributed by atoms with van der Waals surface area (Å²) in [6.07, 6.45) is 0. The van der Waals surface area contributed by atoms with Crippen LogP contribution in [0, 0.1) is 0 Å². The molecule has 60 heavy (non-hydrogen) atoms. The Kier molecular flexibility index (Phi) is 7.85. The molecule has 1 aromatic heterocycles. The Morgan fingerprint density at radius 2 is 0.617 bits per heavy atom. The molecule has 0 spiro atoms. The van der Waals surface area contributed by atoms with Crippen LogP contribution in [0.1, 0.15) is 0 Å². The highest BCUT2D eigenvalue weighted by Gasteiger charge is 2.18. The van der Waals surface area contributed by atoms with Gasteiger partial charge in [0, 0.05) is 16.7 Å². The molecule has 3 heteroatoms. The van der Waals surface area contributed by atoms with E-state index in [0.717, 1.165) is 38.6 Å². The summed E-state index contributed by atoms with van der Waals surface area (Å²) in [5, 5.41) is 15.0. The summed E-state index contributed by atoms with van der Waals surface area (Å²) in [5.74, 6) is 1.95. The topological polar surface area (TPSA) is 38.7 Å². The van der Waals surface area contributed by atoms with Crippen LogP contribution in [0.3, 0.4) is 0 Å². The Morgan fingerprint density at radius 1 is 0.217 bits per heavy atom. The fourth-order valence-electron chi connectivity index (χ4n) is 9.35. The quantitative estimate of drug-likeness (QED) is 0.164. The average molecular weight is 762 g/mol. The van der Waals surface area contributed by atoms with Crippen molar-refractivity contribution >= 4 is 64.6 Å². The van der Waals surface area contributed by atoms with Gasteiger partial charge in [0.15, 0.2) is 17.5 Å². The molecular weight excluding hydrogens is 727 g/mol. The Hall–Kier alpha value is -8.01. The zero-order valence-corrected chi connectivity index (χ0v) is 32.5. The second-order valence-electron chi connectivity index (χ2n) is 15.5. The smallest absolute Gasteiger partial charge is 0.164 e. The molecule has 0 N–H and O–H groups in total. The molecule has 12 rings (SSSR count). The third-order valence-corrected chi connectivity index (χ3v) is 12.1. The number of benzene rings is 10. The van der Waals surface area contributed by atoms with Crippen molar-refractivity contribution < 1.29 is 0 Å². The van der Waals surface area contributed by atoms with Crippen LogP contribution in [0.4, 0.5) is 0 Å². The van der Waals surface area contributed by atoms with E-state index in [-0.39, 0.29) is 0 Å². The third kappa shape index (κ3) is 5.48. The molecule has 0 aliphatic heterocycles. The van der Waals surface area contributed by atoms with Crippen molar-refractivity contribution in [1.29, 1.82) is 0 Å². The maximum absolute atomic E-state index is 5.07. The fraction of sp³-hybridized carbons (Fsp3) is 0. The van der Waals surface area contributed by atoms with Crippen molar-refractivity contribution in [3.63, 3.8) is 0 Å². The SMILES string of the molecule is c1ccc(-c2nc(-c3ccccc3)nc(-c3ccc(-c4ccc(-c5cc6cccc7c8ccccc8c8ccccc8c8cccc5c8c67)cc4)c4ccccc34)n2)cc1. The average Bonchev–Trinajstić information content (AvgIpc) is 3.33. The highest BCUT2D eigenvalue weighted by molar-refractivity contribution is 6.34. The molecular formula is C57H35N3. The van der Waals surface area contributed by atoms with Gasteiger partial charge >= 0.3 is 0 Å². The first kappa shape index (κ1) is 34.1. The number of rotatable bonds is 5. The van der Waals surface area contributed by atoms with Crippen molar-refractivity contribution in [3.05, 3.63) is 212 Å². The summed E-state index contributed by atoms with van der Waals surface area (Å²) in [4.78, 5) is 15.1. The molecule has 0 bridgehead atoms. The van der Waals surface area contributed by atoms with Crippen LogP contribution in [0.2, 0.25) is 0 Å². The number of nitrogens with zero attached hydrogens (tertiary/aromatic N) is 3. The Morgan fingerprint density at radius 3 is 1.20 bits per heavy atom. The van der Waals surface area contributed by atoms with Gasteiger partial charge in [0.05, 0.1) is 0 Å². The van der Waals surface area contributed by atoms with Gasteiger partial charge in [-0.05, 0) is 99.0 Å². The van der Waals surface area contributed by atoms with Gasteiger partial charge in [-0.3, -0.25) is 0 Å². The standard InChI is InChI=1S/C57H35N3/c1-3-15-38(16-4-1)55-58-56(39-17-5-2-6-18-39)60-57(59-55)51-34-33-41(42-20-7-12-25-47(42)51)36-29-31-37(32-30-36)52-35-40-19-13-26-48-45-23-10-8-21-43(45)44-22-9-11-24-46(44)49-27-14-28-50(52)54(49)53(40)48/h1-35H. The van der Waals surface area contributed by atoms with E-state index < -0.39 is 0 Å². The van der Waals surface area contributed by atoms with E-state index in [1.54, 1.807) is 0 Å². The highest BCUT2D eigenvalue weighted by Crippen LogP contribution is 2.44. The van der Waals surface area contributed by atoms with Crippen LogP contribution in [0.25, 0.3) is 121 Å². The van der Waals surface area contributed by atoms with Crippen LogP contribution < -0.4 is 0 Å². The monoisotopic (exact) mass is 761 g/mol. The molecule has 0 amide bonds. The summed E-state index contributed by atoms with van der Waals surface area (Å²) in [6, 6.07) is 76.1. The number of hydrogen-bond donors (Lipinski definition) is 0. The van der Waals surface area contributed by atoms with E-state index in [2.05, 4.69) is 152 Å². The van der Waals surface area contributed by atoms with Gasteiger partial charge in [0.2, 0.25) is 0 Å². The molecule has 12 aromatic rings. The lowest BCUT2D eigenvalue weighted by atomic mass is 9.86. The summed E-state index contributed by atoms with van der Waals surface area (Å²) in [6.45, 7) is 0. The van der Waals surface area contributed by atoms with E-state index in [1.165, 1.54) is 65.0 Å². The van der Waals surface area contributed by atoms with Crippen molar-refractivity contribution in [1.82, 2.24) is 15.0 Å². The summed E-state index contributed by atoms with van der Waals surface area (Å²) in [5.41, 5.74) is 7.61. The second kappa shape index (κ2) is 13.8. The maximum Gasteiger partial charge on any atom is 0.164 e. The summed E-state index contributed by atoms with van der Waals surface area (Å²) >= 11 is 0. The Labute approximate surface area is 346 Å². The van der Waals surface area contributed by atoms with E-state index in [1.807, 2.05) is 60.7 Å². The second-order valence-corrected chi connectivity index (χ2v) is 15.5. The largest absolute Gasteiger partial charge is 0.208 e. The van der Waals surface area contributed by atoms with Crippen LogP contribution in [-0.2, 0) is 0 Å². The molecule has 0 fully saturated rings. The first-order chi connectivity index (χ1) is 29.8. The van der Waals surface area contributed by atoms with Gasteiger partial charge in [0.25, 0.3) is 0 Å². The highest BCUT2D eigenvalue weighted by atomic mass is 15.0. The van der Waals surface area contributed by atoms with Crippen molar-refractivity contribution in [2.45, 2.75) is 0 Å². The van der Waals surface area contributed by atoms with Gasteiger partial charge in [0.1, 0.15) is 0 Å². The maximum atomic E-state index is 5.07. The molecule has 0 saturated carbocycles. The van der Waals surface area contributed by atoms with Crippen LogP contribution in [0.5, 0.6) is 0 Å². The molecule has 0 saturated heterocycles. The number of aromatic nitrogens is 3. The molecule has 1 heterocycles. The molecule has 0 atom stereocenters. The van der Waals surface area contributed by atoms with E-state index in [0.29, 0.717) is 17.5 Å². The third-order valence-electron chi connectivity index (χ3n) is 12.1. The van der Waals surface area contributed by atoms with Crippen LogP contribution in [-0.4, -0.2) is 15.0 Å². The van der Waals surface area contributed by atoms with Gasteiger partial charge in [-0.15, -0.1) is 0 Å². The normalized spacial score (nSPS) is 11.7. The first-order valence-electron chi connectivity index (χ1n) is 20.4. The summed E-state index contributed by atoms with van der Waals surface area (Å²) < 4.78 is 0. The lowest BCUT2D eigenvalue weighted by Crippen LogP contribution is -2.00. The van der Waals surface area contributed by atoms with E-state index >= 15 is 0 Å². The number of fused-ring (bicyclic) bond motifs is 6. The first-order valence-corrected chi connectivity index (χ1v) is 20.4. The van der Waals surface area contributed by atoms with Crippen molar-refractivity contribution in [3.8, 4) is 56.4 Å². The lowest BCUT2D eigenvalue weighted by Gasteiger charge is -2.17. The van der Waals surface area contributed by atoms with E-state index in [4.69, 9.17) is 15.0 Å². The van der Waals surface area contributed by atoms with Gasteiger partial charge in [-0.2, -0.15) is 0 Å². The van der Waals surface area contributed by atoms with Crippen molar-refractivity contribution in [2.75, 3.05) is 0 Å². The fourth-order valence-corrected chi connectivity index (χ4v) is 9.35. The van der Waals surface area contributed by atoms with Crippen LogP contribution >= 0.6 is 0 Å². The molecule has 0 aliphatic carbocycles. The molecule has 11 aromatic carbocycles. The van der Waals surface area contributed by atoms with Gasteiger partial charge < -0.3 is 0 Å². The zero-order valence-electron chi connectivity index (χ0n) is 32.5. The Bertz CT molecular complexity index is 3580. The molecule has 3 nitrogen and oxygen atoms in total. The molecule has 0 radical (unpaired) electrons. The van der Waals surface area contributed by atoms with E-state index in [9.17, 15) is 0 Å². The van der Waals surface area contributed by atoms with Crippen LogP contribution in [0.15, 0.2) is 212 Å². The summed E-state index contributed by atoms with van der Waals surface area (Å²) in [7, 11) is 0. The predicted octanol–water partition coefficient (Wildman–Crippen LogP) is 15.1. The van der Waals surface area contributed by atoms with Gasteiger partial charge in [-0.1, -0.05) is 200 Å². The predicted molar refractivity (Wildman–Crippen MR) is 252 cm³/mol. The molecule has 278 valence electrons. The minimum absolute atomic E-state index is 0.650. The van der Waals surface area contributed by atoms with Crippen molar-refractivity contribution in [2.24, 2.45) is 0 Å². The van der Waals surface area contributed by atoms with Gasteiger partial charge in [-0.25, -0.2) is 15.0 Å². The molecule has 0 aliphatic rings. The Balaban J connectivity index is 1.02. The minimum Gasteiger partial charge on any atom is -0.208 e.